The quantitative estimate of drug-likeness (QED) is 0.205. The van der Waals surface area contributed by atoms with Crippen molar-refractivity contribution in [2.45, 2.75) is 42.1 Å². The molecule has 0 saturated carbocycles. The van der Waals surface area contributed by atoms with Crippen LogP contribution in [0.1, 0.15) is 35.8 Å². The number of carboxylic acids is 1. The number of pyridine rings is 2. The molecule has 13 heteroatoms. The maximum absolute atomic E-state index is 13.4. The van der Waals surface area contributed by atoms with Gasteiger partial charge in [-0.3, -0.25) is 24.2 Å². The molecule has 5 rings (SSSR count). The van der Waals surface area contributed by atoms with Gasteiger partial charge in [0.25, 0.3) is 5.91 Å². The van der Waals surface area contributed by atoms with E-state index in [2.05, 4.69) is 20.6 Å². The Morgan fingerprint density at radius 3 is 2.53 bits per heavy atom. The van der Waals surface area contributed by atoms with Crippen LogP contribution in [0.4, 0.5) is 0 Å². The Bertz CT molecular complexity index is 1500. The molecule has 2 aromatic heterocycles. The fourth-order valence-corrected chi connectivity index (χ4v) is 6.38. The third kappa shape index (κ3) is 4.73. The van der Waals surface area contributed by atoms with Gasteiger partial charge in [0, 0.05) is 17.1 Å². The van der Waals surface area contributed by atoms with Crippen molar-refractivity contribution >= 4 is 46.5 Å². The Labute approximate surface area is 243 Å². The Kier molecular flexibility index (Phi) is 7.71. The molecule has 11 nitrogen and oxygen atoms in total. The number of carboxylic acid groups (broad SMARTS) is 1. The monoisotopic (exact) mass is 544 g/mol. The Hall–Kier alpha value is -3.19. The number of nitrogens with zero attached hydrogens (tertiary/aromatic N) is 2. The van der Waals surface area contributed by atoms with Crippen LogP contribution in [-0.4, -0.2) is 65.9 Å². The number of rotatable bonds is 6. The van der Waals surface area contributed by atoms with Gasteiger partial charge in [-0.25, -0.2) is 4.79 Å². The van der Waals surface area contributed by atoms with Crippen LogP contribution in [0, 0.1) is 0 Å². The van der Waals surface area contributed by atoms with Gasteiger partial charge in [0.1, 0.15) is 34.6 Å². The topological polar surface area (TPSA) is 162 Å². The third-order valence-electron chi connectivity index (χ3n) is 6.53. The van der Waals surface area contributed by atoms with Crippen LogP contribution in [-0.2, 0) is 14.4 Å². The molecule has 3 amide bonds. The molecule has 2 fully saturated rings. The summed E-state index contributed by atoms with van der Waals surface area (Å²) in [7, 11) is 0. The van der Waals surface area contributed by atoms with Crippen LogP contribution in [0.25, 0.3) is 11.0 Å². The van der Waals surface area contributed by atoms with Gasteiger partial charge in [-0.1, -0.05) is 30.3 Å². The normalized spacial score (nSPS) is 22.0. The smallest absolute Gasteiger partial charge is 0.480 e. The van der Waals surface area contributed by atoms with Crippen molar-refractivity contribution < 1.29 is 53.8 Å². The van der Waals surface area contributed by atoms with E-state index in [0.717, 1.165) is 0 Å². The van der Waals surface area contributed by atoms with Gasteiger partial charge in [0.2, 0.25) is 17.2 Å². The summed E-state index contributed by atoms with van der Waals surface area (Å²) in [4.78, 5) is 72.2. The minimum Gasteiger partial charge on any atom is -0.480 e. The van der Waals surface area contributed by atoms with E-state index < -0.39 is 57.4 Å². The first-order valence-corrected chi connectivity index (χ1v) is 12.3. The summed E-state index contributed by atoms with van der Waals surface area (Å²) >= 11 is 1.30. The largest absolute Gasteiger partial charge is 1.00 e. The Morgan fingerprint density at radius 2 is 1.84 bits per heavy atom. The summed E-state index contributed by atoms with van der Waals surface area (Å²) < 4.78 is -0.746. The van der Waals surface area contributed by atoms with Crippen molar-refractivity contribution in [2.24, 2.45) is 0 Å². The van der Waals surface area contributed by atoms with E-state index in [1.807, 2.05) is 0 Å². The molecule has 2 aliphatic heterocycles. The fourth-order valence-electron chi connectivity index (χ4n) is 4.75. The number of H-pyrrole nitrogens is 1. The first kappa shape index (κ1) is 27.8. The molecular formula is C25H23N5NaO6S+. The van der Waals surface area contributed by atoms with Crippen LogP contribution in [0.15, 0.2) is 59.7 Å². The summed E-state index contributed by atoms with van der Waals surface area (Å²) in [6.45, 7) is 3.48. The number of thioether (sulfide) groups is 1. The van der Waals surface area contributed by atoms with Crippen molar-refractivity contribution in [1.82, 2.24) is 25.5 Å². The number of aromatic nitrogens is 2. The zero-order chi connectivity index (χ0) is 26.5. The minimum absolute atomic E-state index is 0. The molecule has 3 aromatic rings. The fraction of sp³-hybridized carbons (Fsp3) is 0.280. The molecule has 2 saturated heterocycles. The second-order valence-corrected chi connectivity index (χ2v) is 11.1. The van der Waals surface area contributed by atoms with Crippen LogP contribution in [0.5, 0.6) is 0 Å². The van der Waals surface area contributed by atoms with Crippen molar-refractivity contribution in [3.05, 3.63) is 76.2 Å². The Morgan fingerprint density at radius 1 is 1.13 bits per heavy atom. The number of carbonyl (C=O) groups is 4. The molecule has 190 valence electrons. The number of aromatic amines is 1. The van der Waals surface area contributed by atoms with Gasteiger partial charge in [-0.05, 0) is 31.5 Å². The SMILES string of the molecule is CC1(C)S[C@@H]2[C@H](NC(=O)[C@H](NC(=O)c3c[nH]c4cccnc4c3=O)c3ccccc3)C(=O)N2[C@H]1C(=O)O.[Na+]. The van der Waals surface area contributed by atoms with Gasteiger partial charge < -0.3 is 25.6 Å². The molecule has 0 radical (unpaired) electrons. The average Bonchev–Trinajstić information content (AvgIpc) is 3.14. The molecule has 4 heterocycles. The van der Waals surface area contributed by atoms with Gasteiger partial charge >= 0.3 is 35.5 Å². The molecule has 2 aliphatic rings. The summed E-state index contributed by atoms with van der Waals surface area (Å²) in [6, 6.07) is 8.54. The first-order valence-electron chi connectivity index (χ1n) is 11.5. The maximum Gasteiger partial charge on any atom is 1.00 e. The number of benzene rings is 1. The number of carbonyl (C=O) groups excluding carboxylic acids is 3. The summed E-state index contributed by atoms with van der Waals surface area (Å²) in [5.74, 6) is -3.06. The molecule has 38 heavy (non-hydrogen) atoms. The number of amides is 3. The summed E-state index contributed by atoms with van der Waals surface area (Å²) in [5, 5.41) is 14.3. The van der Waals surface area contributed by atoms with E-state index in [9.17, 15) is 29.1 Å². The van der Waals surface area contributed by atoms with Gasteiger partial charge in [0.15, 0.2) is 0 Å². The van der Waals surface area contributed by atoms with Crippen molar-refractivity contribution in [2.75, 3.05) is 0 Å². The number of hydrogen-bond acceptors (Lipinski definition) is 7. The number of fused-ring (bicyclic) bond motifs is 2. The zero-order valence-electron chi connectivity index (χ0n) is 20.8. The van der Waals surface area contributed by atoms with Crippen LogP contribution >= 0.6 is 11.8 Å². The summed E-state index contributed by atoms with van der Waals surface area (Å²) in [6.07, 6.45) is 2.70. The second-order valence-electron chi connectivity index (χ2n) is 9.33. The van der Waals surface area contributed by atoms with Crippen LogP contribution in [0.2, 0.25) is 0 Å². The molecular weight excluding hydrogens is 521 g/mol. The van der Waals surface area contributed by atoms with Crippen LogP contribution < -0.4 is 45.6 Å². The first-order chi connectivity index (χ1) is 17.6. The number of hydrogen-bond donors (Lipinski definition) is 4. The molecule has 4 N–H and O–H groups in total. The van der Waals surface area contributed by atoms with Crippen molar-refractivity contribution in [3.63, 3.8) is 0 Å². The molecule has 0 aliphatic carbocycles. The molecule has 1 aromatic carbocycles. The van der Waals surface area contributed by atoms with Crippen molar-refractivity contribution in [1.29, 1.82) is 0 Å². The molecule has 0 unspecified atom stereocenters. The molecule has 0 spiro atoms. The standard InChI is InChI=1S/C25H23N5O6S.Na/c1-25(2)19(24(35)36)30-22(34)17(23(30)37-25)29-21(33)15(12-7-4-3-5-8-12)28-20(32)13-11-27-14-9-6-10-26-16(14)18(13)31;/h3-11,15,17,19,23H,1-2H3,(H,27,31)(H,28,32)(H,29,33)(H,35,36);/q;+1/t15-,17-,19+,23-;/m1./s1. The second kappa shape index (κ2) is 10.5. The number of nitrogens with one attached hydrogen (secondary N) is 3. The number of β-lactam (4-membered cyclic amide) rings is 1. The minimum atomic E-state index is -1.22. The third-order valence-corrected chi connectivity index (χ3v) is 8.10. The van der Waals surface area contributed by atoms with E-state index in [1.54, 1.807) is 56.3 Å². The van der Waals surface area contributed by atoms with E-state index in [4.69, 9.17) is 0 Å². The van der Waals surface area contributed by atoms with Gasteiger partial charge in [-0.2, -0.15) is 0 Å². The summed E-state index contributed by atoms with van der Waals surface area (Å²) in [5.41, 5.74) is 0.183. The predicted molar refractivity (Wildman–Crippen MR) is 135 cm³/mol. The van der Waals surface area contributed by atoms with Crippen molar-refractivity contribution in [3.8, 4) is 0 Å². The van der Waals surface area contributed by atoms with Gasteiger partial charge in [-0.15, -0.1) is 11.8 Å². The van der Waals surface area contributed by atoms with Gasteiger partial charge in [0.05, 0.1) is 5.52 Å². The molecule has 4 atom stereocenters. The zero-order valence-corrected chi connectivity index (χ0v) is 23.6. The van der Waals surface area contributed by atoms with E-state index >= 15 is 0 Å². The van der Waals surface area contributed by atoms with Crippen LogP contribution in [0.3, 0.4) is 0 Å². The van der Waals surface area contributed by atoms with E-state index in [0.29, 0.717) is 11.1 Å². The maximum atomic E-state index is 13.4. The van der Waals surface area contributed by atoms with E-state index in [1.165, 1.54) is 29.1 Å². The Balaban J connectivity index is 0.00000336. The predicted octanol–water partition coefficient (Wildman–Crippen LogP) is -1.97. The molecule has 0 bridgehead atoms. The number of aliphatic carboxylic acids is 1. The average molecular weight is 545 g/mol. The van der Waals surface area contributed by atoms with E-state index in [-0.39, 0.29) is 40.6 Å².